The predicted octanol–water partition coefficient (Wildman–Crippen LogP) is 3.86. The van der Waals surface area contributed by atoms with Crippen molar-refractivity contribution in [2.75, 3.05) is 24.6 Å². The van der Waals surface area contributed by atoms with Crippen LogP contribution in [0.2, 0.25) is 0 Å². The summed E-state index contributed by atoms with van der Waals surface area (Å²) in [6.45, 7) is 5.97. The minimum atomic E-state index is -1.00. The summed E-state index contributed by atoms with van der Waals surface area (Å²) < 4.78 is 11.9. The molecule has 9 nitrogen and oxygen atoms in total. The lowest BCUT2D eigenvalue weighted by molar-refractivity contribution is 0.0696. The van der Waals surface area contributed by atoms with Crippen LogP contribution >= 0.6 is 0 Å². The van der Waals surface area contributed by atoms with Crippen LogP contribution in [-0.4, -0.2) is 52.8 Å². The second kappa shape index (κ2) is 11.5. The van der Waals surface area contributed by atoms with Crippen LogP contribution in [0.1, 0.15) is 51.6 Å². The topological polar surface area (TPSA) is 114 Å². The lowest BCUT2D eigenvalue weighted by atomic mass is 10.1. The number of hydrogen-bond acceptors (Lipinski definition) is 7. The molecule has 0 aliphatic carbocycles. The minimum Gasteiger partial charge on any atom is -0.490 e. The van der Waals surface area contributed by atoms with Gasteiger partial charge in [-0.15, -0.1) is 0 Å². The van der Waals surface area contributed by atoms with E-state index in [-0.39, 0.29) is 24.1 Å². The van der Waals surface area contributed by atoms with Crippen molar-refractivity contribution < 1.29 is 24.2 Å². The van der Waals surface area contributed by atoms with E-state index in [1.54, 1.807) is 12.1 Å². The van der Waals surface area contributed by atoms with E-state index in [1.807, 2.05) is 44.2 Å². The van der Waals surface area contributed by atoms with Gasteiger partial charge >= 0.3 is 5.97 Å². The van der Waals surface area contributed by atoms with E-state index in [9.17, 15) is 14.7 Å². The van der Waals surface area contributed by atoms with Gasteiger partial charge < -0.3 is 24.8 Å². The molecule has 0 radical (unpaired) electrons. The van der Waals surface area contributed by atoms with E-state index >= 15 is 0 Å². The summed E-state index contributed by atoms with van der Waals surface area (Å²) in [6, 6.07) is 12.6. The van der Waals surface area contributed by atoms with Crippen molar-refractivity contribution in [1.82, 2.24) is 15.3 Å². The Morgan fingerprint density at radius 3 is 2.58 bits per heavy atom. The van der Waals surface area contributed by atoms with Crippen LogP contribution < -0.4 is 19.7 Å². The maximum Gasteiger partial charge on any atom is 0.335 e. The van der Waals surface area contributed by atoms with Crippen molar-refractivity contribution >= 4 is 17.8 Å². The molecular formula is C27H30N4O5. The van der Waals surface area contributed by atoms with Gasteiger partial charge in [-0.1, -0.05) is 18.2 Å². The molecule has 1 aliphatic heterocycles. The Bertz CT molecular complexity index is 1220. The monoisotopic (exact) mass is 490 g/mol. The van der Waals surface area contributed by atoms with Crippen LogP contribution in [0.4, 0.5) is 5.95 Å². The number of carboxylic acids is 1. The van der Waals surface area contributed by atoms with Gasteiger partial charge in [0.1, 0.15) is 6.10 Å². The maximum atomic E-state index is 12.6. The summed E-state index contributed by atoms with van der Waals surface area (Å²) in [5.41, 5.74) is 2.05. The Kier molecular flexibility index (Phi) is 7.99. The highest BCUT2D eigenvalue weighted by Gasteiger charge is 2.24. The molecule has 1 atom stereocenters. The molecule has 36 heavy (non-hydrogen) atoms. The molecule has 1 saturated heterocycles. The third-order valence-electron chi connectivity index (χ3n) is 5.84. The van der Waals surface area contributed by atoms with Crippen LogP contribution in [0.25, 0.3) is 0 Å². The van der Waals surface area contributed by atoms with Crippen LogP contribution in [0.15, 0.2) is 54.9 Å². The Balaban J connectivity index is 1.35. The molecule has 2 aromatic carbocycles. The lowest BCUT2D eigenvalue weighted by Gasteiger charge is -2.33. The molecule has 4 rings (SSSR count). The molecule has 1 amide bonds. The quantitative estimate of drug-likeness (QED) is 0.465. The number of aromatic carboxylic acids is 1. The minimum absolute atomic E-state index is 0.0306. The van der Waals surface area contributed by atoms with Gasteiger partial charge in [0.15, 0.2) is 11.5 Å². The van der Waals surface area contributed by atoms with Crippen molar-refractivity contribution in [2.24, 2.45) is 0 Å². The lowest BCUT2D eigenvalue weighted by Crippen LogP contribution is -2.42. The van der Waals surface area contributed by atoms with Crippen molar-refractivity contribution in [3.05, 3.63) is 77.1 Å². The Labute approximate surface area is 210 Å². The van der Waals surface area contributed by atoms with E-state index in [0.717, 1.165) is 36.4 Å². The summed E-state index contributed by atoms with van der Waals surface area (Å²) in [7, 11) is 0. The van der Waals surface area contributed by atoms with Crippen molar-refractivity contribution in [3.8, 4) is 11.5 Å². The van der Waals surface area contributed by atoms with E-state index in [4.69, 9.17) is 9.47 Å². The summed E-state index contributed by atoms with van der Waals surface area (Å²) in [5.74, 6) is 0.672. The predicted molar refractivity (Wildman–Crippen MR) is 135 cm³/mol. The van der Waals surface area contributed by atoms with E-state index in [0.29, 0.717) is 30.2 Å². The molecule has 2 heterocycles. The van der Waals surface area contributed by atoms with Gasteiger partial charge in [0.2, 0.25) is 5.95 Å². The molecule has 3 aromatic rings. The van der Waals surface area contributed by atoms with Gasteiger partial charge in [-0.2, -0.15) is 0 Å². The average molecular weight is 491 g/mol. The molecule has 0 spiro atoms. The number of piperidine rings is 1. The van der Waals surface area contributed by atoms with Gasteiger partial charge in [0, 0.05) is 25.5 Å². The molecule has 0 bridgehead atoms. The first-order valence-corrected chi connectivity index (χ1v) is 12.0. The number of hydrogen-bond donors (Lipinski definition) is 2. The first kappa shape index (κ1) is 25.0. The summed E-state index contributed by atoms with van der Waals surface area (Å²) >= 11 is 0. The third kappa shape index (κ3) is 6.29. The Morgan fingerprint density at radius 2 is 1.86 bits per heavy atom. The van der Waals surface area contributed by atoms with Crippen molar-refractivity contribution in [2.45, 2.75) is 39.3 Å². The molecule has 9 heteroatoms. The molecule has 0 saturated carbocycles. The molecular weight excluding hydrogens is 460 g/mol. The fourth-order valence-corrected chi connectivity index (χ4v) is 4.19. The van der Waals surface area contributed by atoms with E-state index in [2.05, 4.69) is 20.2 Å². The zero-order valence-corrected chi connectivity index (χ0v) is 20.4. The number of carbonyl (C=O) groups excluding carboxylic acids is 1. The van der Waals surface area contributed by atoms with Crippen LogP contribution in [-0.2, 0) is 6.54 Å². The zero-order valence-electron chi connectivity index (χ0n) is 20.4. The van der Waals surface area contributed by atoms with Gasteiger partial charge in [0.05, 0.1) is 24.3 Å². The number of ether oxygens (including phenoxy) is 2. The molecule has 2 N–H and O–H groups in total. The molecule has 1 fully saturated rings. The smallest absolute Gasteiger partial charge is 0.335 e. The maximum absolute atomic E-state index is 12.6. The highest BCUT2D eigenvalue weighted by Crippen LogP contribution is 2.29. The number of benzene rings is 2. The van der Waals surface area contributed by atoms with Crippen LogP contribution in [0.3, 0.4) is 0 Å². The molecule has 1 unspecified atom stereocenters. The van der Waals surface area contributed by atoms with Gasteiger partial charge in [-0.05, 0) is 62.1 Å². The number of para-hydroxylation sites is 2. The van der Waals surface area contributed by atoms with Gasteiger partial charge in [-0.25, -0.2) is 14.8 Å². The summed E-state index contributed by atoms with van der Waals surface area (Å²) in [6.07, 6.45) is 4.83. The number of aryl methyl sites for hydroxylation is 1. The number of carboxylic acid groups (broad SMARTS) is 1. The number of carbonyl (C=O) groups is 2. The number of aromatic nitrogens is 2. The summed E-state index contributed by atoms with van der Waals surface area (Å²) in [5, 5.41) is 12.0. The van der Waals surface area contributed by atoms with Gasteiger partial charge in [0.25, 0.3) is 5.91 Å². The first-order chi connectivity index (χ1) is 17.4. The van der Waals surface area contributed by atoms with Crippen molar-refractivity contribution in [3.63, 3.8) is 0 Å². The molecule has 188 valence electrons. The summed E-state index contributed by atoms with van der Waals surface area (Å²) in [4.78, 5) is 34.7. The number of rotatable bonds is 9. The SMILES string of the molecule is CCOc1ccccc1OC1CCCN(c2ncc(C(=O)NCc3cc(C)cc(C(=O)O)c3)cn2)C1. The van der Waals surface area contributed by atoms with Crippen LogP contribution in [0.5, 0.6) is 11.5 Å². The molecule has 1 aliphatic rings. The van der Waals surface area contributed by atoms with Gasteiger partial charge in [-0.3, -0.25) is 4.79 Å². The zero-order chi connectivity index (χ0) is 25.5. The Morgan fingerprint density at radius 1 is 1.11 bits per heavy atom. The highest BCUT2D eigenvalue weighted by atomic mass is 16.5. The Hall–Kier alpha value is -4.14. The standard InChI is InChI=1S/C27H30N4O5/c1-3-35-23-8-4-5-9-24(23)36-22-7-6-10-31(17-22)27-29-15-21(16-30-27)25(32)28-14-19-11-18(2)12-20(13-19)26(33)34/h4-5,8-9,11-13,15-16,22H,3,6-7,10,14,17H2,1-2H3,(H,28,32)(H,33,34). The normalized spacial score (nSPS) is 15.3. The average Bonchev–Trinajstić information content (AvgIpc) is 2.88. The largest absolute Gasteiger partial charge is 0.490 e. The number of amides is 1. The second-order valence-electron chi connectivity index (χ2n) is 8.67. The van der Waals surface area contributed by atoms with Crippen LogP contribution in [0, 0.1) is 6.92 Å². The third-order valence-corrected chi connectivity index (χ3v) is 5.84. The fraction of sp³-hybridized carbons (Fsp3) is 0.333. The molecule has 1 aromatic heterocycles. The number of anilines is 1. The second-order valence-corrected chi connectivity index (χ2v) is 8.67. The first-order valence-electron chi connectivity index (χ1n) is 12.0. The van der Waals surface area contributed by atoms with Crippen molar-refractivity contribution in [1.29, 1.82) is 0 Å². The number of nitrogens with one attached hydrogen (secondary N) is 1. The number of nitrogens with zero attached hydrogens (tertiary/aromatic N) is 3. The van der Waals surface area contributed by atoms with E-state index < -0.39 is 5.97 Å². The fourth-order valence-electron chi connectivity index (χ4n) is 4.19. The highest BCUT2D eigenvalue weighted by molar-refractivity contribution is 5.93. The van der Waals surface area contributed by atoms with E-state index in [1.165, 1.54) is 12.4 Å².